The van der Waals surface area contributed by atoms with Crippen LogP contribution in [0.25, 0.3) is 0 Å². The number of carbonyl (C=O) groups is 2. The Morgan fingerprint density at radius 3 is 2.68 bits per heavy atom. The summed E-state index contributed by atoms with van der Waals surface area (Å²) < 4.78 is 5.66. The van der Waals surface area contributed by atoms with Crippen LogP contribution in [0, 0.1) is 5.92 Å². The molecule has 0 radical (unpaired) electrons. The Kier molecular flexibility index (Phi) is 6.51. The smallest absolute Gasteiger partial charge is 0.326 e. The third-order valence-corrected chi connectivity index (χ3v) is 3.54. The van der Waals surface area contributed by atoms with Gasteiger partial charge in [0.1, 0.15) is 18.4 Å². The third kappa shape index (κ3) is 5.91. The Morgan fingerprint density at radius 1 is 1.24 bits per heavy atom. The normalized spacial score (nSPS) is 11.8. The molecule has 0 unspecified atom stereocenters. The fraction of sp³-hybridized carbons (Fsp3) is 0.316. The second-order valence-electron chi connectivity index (χ2n) is 6.17. The lowest BCUT2D eigenvalue weighted by Crippen LogP contribution is -2.41. The van der Waals surface area contributed by atoms with Gasteiger partial charge < -0.3 is 15.2 Å². The first-order valence-electron chi connectivity index (χ1n) is 8.11. The predicted molar refractivity (Wildman–Crippen MR) is 93.4 cm³/mol. The zero-order chi connectivity index (χ0) is 18.2. The van der Waals surface area contributed by atoms with E-state index in [1.54, 1.807) is 36.7 Å². The number of amides is 1. The molecule has 0 saturated heterocycles. The summed E-state index contributed by atoms with van der Waals surface area (Å²) >= 11 is 0. The number of hydrogen-bond acceptors (Lipinski definition) is 4. The van der Waals surface area contributed by atoms with Crippen LogP contribution in [0.2, 0.25) is 0 Å². The topological polar surface area (TPSA) is 88.5 Å². The van der Waals surface area contributed by atoms with Gasteiger partial charge >= 0.3 is 5.97 Å². The fourth-order valence-corrected chi connectivity index (χ4v) is 2.31. The molecule has 0 aliphatic rings. The summed E-state index contributed by atoms with van der Waals surface area (Å²) in [5, 5.41) is 11.8. The maximum Gasteiger partial charge on any atom is 0.326 e. The van der Waals surface area contributed by atoms with Crippen LogP contribution in [0.15, 0.2) is 48.8 Å². The molecule has 1 aromatic heterocycles. The van der Waals surface area contributed by atoms with Gasteiger partial charge in [-0.1, -0.05) is 26.0 Å². The number of nitrogens with one attached hydrogen (secondary N) is 1. The maximum absolute atomic E-state index is 12.3. The summed E-state index contributed by atoms with van der Waals surface area (Å²) in [7, 11) is 0. The quantitative estimate of drug-likeness (QED) is 0.770. The monoisotopic (exact) mass is 342 g/mol. The van der Waals surface area contributed by atoms with Crippen molar-refractivity contribution < 1.29 is 19.4 Å². The molecule has 0 saturated carbocycles. The molecule has 2 rings (SSSR count). The van der Waals surface area contributed by atoms with E-state index < -0.39 is 17.9 Å². The Balaban J connectivity index is 2.01. The van der Waals surface area contributed by atoms with E-state index in [2.05, 4.69) is 10.3 Å². The molecular weight excluding hydrogens is 320 g/mol. The summed E-state index contributed by atoms with van der Waals surface area (Å²) in [6.45, 7) is 4.16. The number of rotatable bonds is 8. The number of aliphatic carboxylic acids is 1. The van der Waals surface area contributed by atoms with Crippen molar-refractivity contribution in [2.75, 3.05) is 0 Å². The van der Waals surface area contributed by atoms with E-state index in [1.807, 2.05) is 26.0 Å². The summed E-state index contributed by atoms with van der Waals surface area (Å²) in [4.78, 5) is 27.6. The summed E-state index contributed by atoms with van der Waals surface area (Å²) in [6, 6.07) is 9.48. The number of carboxylic acids is 1. The highest BCUT2D eigenvalue weighted by atomic mass is 16.5. The van der Waals surface area contributed by atoms with E-state index in [0.29, 0.717) is 24.3 Å². The first-order chi connectivity index (χ1) is 12.0. The zero-order valence-electron chi connectivity index (χ0n) is 14.3. The van der Waals surface area contributed by atoms with Crippen molar-refractivity contribution in [3.63, 3.8) is 0 Å². The number of benzene rings is 1. The van der Waals surface area contributed by atoms with Crippen LogP contribution in [0.1, 0.15) is 36.2 Å². The van der Waals surface area contributed by atoms with Crippen LogP contribution in [-0.2, 0) is 11.4 Å². The molecule has 0 aliphatic heterocycles. The van der Waals surface area contributed by atoms with E-state index in [9.17, 15) is 14.7 Å². The summed E-state index contributed by atoms with van der Waals surface area (Å²) in [6.07, 6.45) is 3.77. The van der Waals surface area contributed by atoms with Crippen LogP contribution < -0.4 is 10.1 Å². The largest absolute Gasteiger partial charge is 0.489 e. The molecular formula is C19H22N2O4. The summed E-state index contributed by atoms with van der Waals surface area (Å²) in [5.74, 6) is -0.770. The van der Waals surface area contributed by atoms with Crippen molar-refractivity contribution in [2.45, 2.75) is 32.9 Å². The second kappa shape index (κ2) is 8.82. The molecule has 0 bridgehead atoms. The molecule has 25 heavy (non-hydrogen) atoms. The molecule has 2 aromatic rings. The lowest BCUT2D eigenvalue weighted by atomic mass is 10.0. The SMILES string of the molecule is CC(C)C[C@@H](NC(=O)c1cccc(OCc2cccnc2)c1)C(=O)O. The minimum absolute atomic E-state index is 0.163. The van der Waals surface area contributed by atoms with Gasteiger partial charge in [-0.3, -0.25) is 9.78 Å². The minimum Gasteiger partial charge on any atom is -0.489 e. The average molecular weight is 342 g/mol. The molecule has 0 aliphatic carbocycles. The van der Waals surface area contributed by atoms with Gasteiger partial charge in [0.2, 0.25) is 0 Å². The van der Waals surface area contributed by atoms with Crippen molar-refractivity contribution in [3.8, 4) is 5.75 Å². The molecule has 0 spiro atoms. The van der Waals surface area contributed by atoms with Gasteiger partial charge in [0.25, 0.3) is 5.91 Å². The van der Waals surface area contributed by atoms with Crippen molar-refractivity contribution in [1.29, 1.82) is 0 Å². The van der Waals surface area contributed by atoms with Gasteiger partial charge in [0, 0.05) is 23.5 Å². The standard InChI is InChI=1S/C19H22N2O4/c1-13(2)9-17(19(23)24)21-18(22)15-6-3-7-16(10-15)25-12-14-5-4-8-20-11-14/h3-8,10-11,13,17H,9,12H2,1-2H3,(H,21,22)(H,23,24)/t17-/m1/s1. The Morgan fingerprint density at radius 2 is 2.04 bits per heavy atom. The van der Waals surface area contributed by atoms with Gasteiger partial charge in [-0.25, -0.2) is 4.79 Å². The van der Waals surface area contributed by atoms with Gasteiger partial charge in [0.15, 0.2) is 0 Å². The number of aromatic nitrogens is 1. The molecule has 1 heterocycles. The highest BCUT2D eigenvalue weighted by Gasteiger charge is 2.21. The van der Waals surface area contributed by atoms with Gasteiger partial charge in [-0.05, 0) is 36.6 Å². The number of carbonyl (C=O) groups excluding carboxylic acids is 1. The van der Waals surface area contributed by atoms with Gasteiger partial charge in [-0.2, -0.15) is 0 Å². The number of hydrogen-bond donors (Lipinski definition) is 2. The zero-order valence-corrected chi connectivity index (χ0v) is 14.3. The van der Waals surface area contributed by atoms with Crippen LogP contribution in [0.5, 0.6) is 5.75 Å². The van der Waals surface area contributed by atoms with Crippen molar-refractivity contribution in [3.05, 3.63) is 59.9 Å². The third-order valence-electron chi connectivity index (χ3n) is 3.54. The summed E-state index contributed by atoms with van der Waals surface area (Å²) in [5.41, 5.74) is 1.28. The lowest BCUT2D eigenvalue weighted by molar-refractivity contribution is -0.139. The average Bonchev–Trinajstić information content (AvgIpc) is 2.60. The van der Waals surface area contributed by atoms with Crippen molar-refractivity contribution in [1.82, 2.24) is 10.3 Å². The molecule has 0 fully saturated rings. The van der Waals surface area contributed by atoms with Crippen LogP contribution in [0.3, 0.4) is 0 Å². The minimum atomic E-state index is -1.04. The van der Waals surface area contributed by atoms with E-state index >= 15 is 0 Å². The molecule has 1 aromatic carbocycles. The number of nitrogens with zero attached hydrogens (tertiary/aromatic N) is 1. The van der Waals surface area contributed by atoms with E-state index in [1.165, 1.54) is 0 Å². The highest BCUT2D eigenvalue weighted by molar-refractivity contribution is 5.96. The van der Waals surface area contributed by atoms with Crippen LogP contribution in [-0.4, -0.2) is 28.0 Å². The molecule has 2 N–H and O–H groups in total. The first kappa shape index (κ1) is 18.4. The van der Waals surface area contributed by atoms with Gasteiger partial charge in [0.05, 0.1) is 0 Å². The lowest BCUT2D eigenvalue weighted by Gasteiger charge is -2.16. The molecule has 1 amide bonds. The van der Waals surface area contributed by atoms with E-state index in [-0.39, 0.29) is 5.92 Å². The maximum atomic E-state index is 12.3. The fourth-order valence-electron chi connectivity index (χ4n) is 2.31. The van der Waals surface area contributed by atoms with E-state index in [0.717, 1.165) is 5.56 Å². The Labute approximate surface area is 146 Å². The van der Waals surface area contributed by atoms with Crippen LogP contribution >= 0.6 is 0 Å². The number of carboxylic acid groups (broad SMARTS) is 1. The molecule has 132 valence electrons. The first-order valence-corrected chi connectivity index (χ1v) is 8.11. The highest BCUT2D eigenvalue weighted by Crippen LogP contribution is 2.16. The molecule has 6 heteroatoms. The number of pyridine rings is 1. The second-order valence-corrected chi connectivity index (χ2v) is 6.17. The number of ether oxygens (including phenoxy) is 1. The Hall–Kier alpha value is -2.89. The van der Waals surface area contributed by atoms with Crippen molar-refractivity contribution >= 4 is 11.9 Å². The molecule has 1 atom stereocenters. The van der Waals surface area contributed by atoms with E-state index in [4.69, 9.17) is 4.74 Å². The van der Waals surface area contributed by atoms with Gasteiger partial charge in [-0.15, -0.1) is 0 Å². The van der Waals surface area contributed by atoms with Crippen molar-refractivity contribution in [2.24, 2.45) is 5.92 Å². The predicted octanol–water partition coefficient (Wildman–Crippen LogP) is 2.89. The molecule has 6 nitrogen and oxygen atoms in total. The Bertz CT molecular complexity index is 716. The van der Waals surface area contributed by atoms with Crippen LogP contribution in [0.4, 0.5) is 0 Å².